The summed E-state index contributed by atoms with van der Waals surface area (Å²) in [5.41, 5.74) is 0. The van der Waals surface area contributed by atoms with Crippen molar-refractivity contribution in [3.63, 3.8) is 0 Å². The van der Waals surface area contributed by atoms with Crippen molar-refractivity contribution in [3.05, 3.63) is 12.2 Å². The van der Waals surface area contributed by atoms with E-state index in [9.17, 15) is 35.4 Å². The number of ether oxygens (including phenoxy) is 2. The molecule has 8 atom stereocenters. The molecule has 1 aliphatic rings. The first-order valence-electron chi connectivity index (χ1n) is 23.9. The van der Waals surface area contributed by atoms with E-state index in [1.54, 1.807) is 6.08 Å². The molecule has 1 saturated heterocycles. The summed E-state index contributed by atoms with van der Waals surface area (Å²) < 4.78 is 11.1. The second kappa shape index (κ2) is 36.7. The molecule has 0 aromatic rings. The number of carbonyl (C=O) groups is 1. The van der Waals surface area contributed by atoms with Gasteiger partial charge >= 0.3 is 0 Å². The summed E-state index contributed by atoms with van der Waals surface area (Å²) in [6, 6.07) is -0.975. The van der Waals surface area contributed by atoms with Crippen LogP contribution in [0.4, 0.5) is 0 Å². The summed E-state index contributed by atoms with van der Waals surface area (Å²) in [6.07, 6.45) is 30.2. The van der Waals surface area contributed by atoms with Crippen LogP contribution in [0, 0.1) is 5.92 Å². The van der Waals surface area contributed by atoms with Crippen molar-refractivity contribution < 1.29 is 44.9 Å². The molecule has 0 aliphatic carbocycles. The average molecular weight is 814 g/mol. The molecule has 10 nitrogen and oxygen atoms in total. The third-order valence-corrected chi connectivity index (χ3v) is 11.6. The largest absolute Gasteiger partial charge is 0.394 e. The molecule has 1 fully saturated rings. The summed E-state index contributed by atoms with van der Waals surface area (Å²) >= 11 is 0. The van der Waals surface area contributed by atoms with Crippen LogP contribution in [0.5, 0.6) is 0 Å². The number of amides is 1. The second-order valence-electron chi connectivity index (χ2n) is 17.5. The number of nitrogens with one attached hydrogen (secondary N) is 1. The van der Waals surface area contributed by atoms with Crippen molar-refractivity contribution in [3.8, 4) is 0 Å². The molecule has 10 heteroatoms. The van der Waals surface area contributed by atoms with Gasteiger partial charge in [-0.15, -0.1) is 0 Å². The smallest absolute Gasteiger partial charge is 0.249 e. The standard InChI is InChI=1S/C47H91NO9/c1-4-5-6-7-8-9-10-11-12-13-14-15-16-19-23-26-29-32-35-41(51)46(55)48-39(37-56-47-45(54)44(53)43(52)42(36-49)57-47)40(50)34-31-28-25-22-20-17-18-21-24-27-30-33-38(2)3/h31,34,38-45,47,49-54H,4-30,32-33,35-37H2,1-3H3,(H,48,55). The van der Waals surface area contributed by atoms with Crippen molar-refractivity contribution in [2.45, 2.75) is 262 Å². The van der Waals surface area contributed by atoms with Gasteiger partial charge in [0.05, 0.1) is 25.4 Å². The van der Waals surface area contributed by atoms with Crippen LogP contribution in [-0.4, -0.2) is 98.7 Å². The highest BCUT2D eigenvalue weighted by atomic mass is 16.7. The van der Waals surface area contributed by atoms with Gasteiger partial charge in [0.1, 0.15) is 30.5 Å². The lowest BCUT2D eigenvalue weighted by atomic mass is 9.99. The minimum atomic E-state index is -1.61. The Labute approximate surface area is 349 Å². The minimum Gasteiger partial charge on any atom is -0.394 e. The Morgan fingerprint density at radius 2 is 1.07 bits per heavy atom. The molecular weight excluding hydrogens is 723 g/mol. The summed E-state index contributed by atoms with van der Waals surface area (Å²) in [4.78, 5) is 13.0. The Kier molecular flexibility index (Phi) is 34.7. The molecule has 57 heavy (non-hydrogen) atoms. The number of aliphatic hydroxyl groups excluding tert-OH is 6. The van der Waals surface area contributed by atoms with Crippen LogP contribution in [0.25, 0.3) is 0 Å². The van der Waals surface area contributed by atoms with Gasteiger partial charge in [0.25, 0.3) is 0 Å². The fourth-order valence-corrected chi connectivity index (χ4v) is 7.70. The summed E-state index contributed by atoms with van der Waals surface area (Å²) in [7, 11) is 0. The molecule has 8 unspecified atom stereocenters. The predicted octanol–water partition coefficient (Wildman–Crippen LogP) is 8.94. The molecule has 1 rings (SSSR count). The maximum atomic E-state index is 13.0. The maximum Gasteiger partial charge on any atom is 0.249 e. The first-order chi connectivity index (χ1) is 27.6. The molecule has 0 aromatic carbocycles. The van der Waals surface area contributed by atoms with Crippen molar-refractivity contribution in [2.24, 2.45) is 5.92 Å². The van der Waals surface area contributed by atoms with Gasteiger partial charge in [0, 0.05) is 0 Å². The molecule has 338 valence electrons. The van der Waals surface area contributed by atoms with Gasteiger partial charge in [0.2, 0.25) is 5.91 Å². The van der Waals surface area contributed by atoms with Gasteiger partial charge in [-0.25, -0.2) is 0 Å². The van der Waals surface area contributed by atoms with E-state index in [1.165, 1.54) is 141 Å². The summed E-state index contributed by atoms with van der Waals surface area (Å²) in [6.45, 7) is 5.93. The zero-order valence-electron chi connectivity index (χ0n) is 36.9. The van der Waals surface area contributed by atoms with E-state index in [0.29, 0.717) is 6.42 Å². The molecular formula is C47H91NO9. The molecule has 1 amide bonds. The lowest BCUT2D eigenvalue weighted by Crippen LogP contribution is -2.60. The number of rotatable bonds is 39. The SMILES string of the molecule is CCCCCCCCCCCCCCCCCCCCC(O)C(=O)NC(COC1OC(CO)C(O)C(O)C1O)C(O)C=CCCCCCCCCCCCC(C)C. The molecule has 0 spiro atoms. The number of carbonyl (C=O) groups excluding carboxylic acids is 1. The number of hydrogen-bond acceptors (Lipinski definition) is 9. The van der Waals surface area contributed by atoms with Crippen LogP contribution < -0.4 is 5.32 Å². The first kappa shape index (κ1) is 53.9. The zero-order valence-corrected chi connectivity index (χ0v) is 36.9. The van der Waals surface area contributed by atoms with Crippen molar-refractivity contribution in [1.29, 1.82) is 0 Å². The van der Waals surface area contributed by atoms with E-state index in [2.05, 4.69) is 26.1 Å². The third-order valence-electron chi connectivity index (χ3n) is 11.6. The van der Waals surface area contributed by atoms with E-state index >= 15 is 0 Å². The Morgan fingerprint density at radius 1 is 0.632 bits per heavy atom. The zero-order chi connectivity index (χ0) is 41.9. The van der Waals surface area contributed by atoms with E-state index in [1.807, 2.05) is 6.08 Å². The number of allylic oxidation sites excluding steroid dienone is 1. The van der Waals surface area contributed by atoms with Crippen LogP contribution in [0.2, 0.25) is 0 Å². The van der Waals surface area contributed by atoms with Gasteiger partial charge in [-0.1, -0.05) is 206 Å². The molecule has 0 aromatic heterocycles. The third kappa shape index (κ3) is 28.1. The van der Waals surface area contributed by atoms with Crippen LogP contribution in [0.15, 0.2) is 12.2 Å². The number of hydrogen-bond donors (Lipinski definition) is 7. The lowest BCUT2D eigenvalue weighted by Gasteiger charge is -2.40. The molecule has 7 N–H and O–H groups in total. The van der Waals surface area contributed by atoms with E-state index < -0.39 is 61.5 Å². The molecule has 1 aliphatic heterocycles. The van der Waals surface area contributed by atoms with Gasteiger partial charge in [-0.3, -0.25) is 4.79 Å². The fourth-order valence-electron chi connectivity index (χ4n) is 7.70. The van der Waals surface area contributed by atoms with Gasteiger partial charge < -0.3 is 45.4 Å². The Morgan fingerprint density at radius 3 is 1.53 bits per heavy atom. The van der Waals surface area contributed by atoms with Crippen molar-refractivity contribution >= 4 is 5.91 Å². The van der Waals surface area contributed by atoms with E-state index in [0.717, 1.165) is 50.9 Å². The van der Waals surface area contributed by atoms with Gasteiger partial charge in [-0.2, -0.15) is 0 Å². The van der Waals surface area contributed by atoms with Gasteiger partial charge in [-0.05, 0) is 25.2 Å². The summed E-state index contributed by atoms with van der Waals surface area (Å²) in [5, 5.41) is 64.7. The van der Waals surface area contributed by atoms with Crippen LogP contribution in [-0.2, 0) is 14.3 Å². The highest BCUT2D eigenvalue weighted by Gasteiger charge is 2.44. The first-order valence-corrected chi connectivity index (χ1v) is 23.9. The fraction of sp³-hybridized carbons (Fsp3) is 0.936. The quantitative estimate of drug-likeness (QED) is 0.0237. The van der Waals surface area contributed by atoms with Crippen LogP contribution in [0.1, 0.15) is 213 Å². The highest BCUT2D eigenvalue weighted by Crippen LogP contribution is 2.23. The van der Waals surface area contributed by atoms with Crippen LogP contribution in [0.3, 0.4) is 0 Å². The molecule has 0 radical (unpaired) electrons. The van der Waals surface area contributed by atoms with Crippen LogP contribution >= 0.6 is 0 Å². The topological polar surface area (TPSA) is 169 Å². The van der Waals surface area contributed by atoms with Crippen molar-refractivity contribution in [1.82, 2.24) is 5.32 Å². The Hall–Kier alpha value is -1.11. The lowest BCUT2D eigenvalue weighted by molar-refractivity contribution is -0.302. The van der Waals surface area contributed by atoms with Crippen molar-refractivity contribution in [2.75, 3.05) is 13.2 Å². The monoisotopic (exact) mass is 814 g/mol. The van der Waals surface area contributed by atoms with Gasteiger partial charge in [0.15, 0.2) is 6.29 Å². The highest BCUT2D eigenvalue weighted by molar-refractivity contribution is 5.80. The average Bonchev–Trinajstić information content (AvgIpc) is 3.20. The summed E-state index contributed by atoms with van der Waals surface area (Å²) in [5.74, 6) is 0.178. The minimum absolute atomic E-state index is 0.302. The molecule has 0 saturated carbocycles. The van der Waals surface area contributed by atoms with E-state index in [-0.39, 0.29) is 6.61 Å². The Balaban J connectivity index is 2.38. The number of unbranched alkanes of at least 4 members (excludes halogenated alkanes) is 26. The van der Waals surface area contributed by atoms with E-state index in [4.69, 9.17) is 9.47 Å². The number of aliphatic hydroxyl groups is 6. The maximum absolute atomic E-state index is 13.0. The second-order valence-corrected chi connectivity index (χ2v) is 17.5. The Bertz CT molecular complexity index is 935. The predicted molar refractivity (Wildman–Crippen MR) is 232 cm³/mol. The molecule has 1 heterocycles. The normalized spacial score (nSPS) is 21.7. The molecule has 0 bridgehead atoms.